The molecule has 0 amide bonds. The number of hydrogen-bond acceptors (Lipinski definition) is 3. The summed E-state index contributed by atoms with van der Waals surface area (Å²) in [6.45, 7) is 3.85. The van der Waals surface area contributed by atoms with Gasteiger partial charge in [0.15, 0.2) is 6.10 Å². The highest BCUT2D eigenvalue weighted by atomic mass is 19.4. The van der Waals surface area contributed by atoms with Gasteiger partial charge in [0.1, 0.15) is 5.75 Å². The Morgan fingerprint density at radius 2 is 1.85 bits per heavy atom. The van der Waals surface area contributed by atoms with E-state index in [1.54, 1.807) is 31.2 Å². The van der Waals surface area contributed by atoms with Crippen LogP contribution in [-0.4, -0.2) is 30.5 Å². The van der Waals surface area contributed by atoms with Crippen LogP contribution >= 0.6 is 0 Å². The first-order chi connectivity index (χ1) is 9.34. The molecule has 0 saturated carbocycles. The summed E-state index contributed by atoms with van der Waals surface area (Å²) in [5.74, 6) is 0.734. The van der Waals surface area contributed by atoms with Crippen molar-refractivity contribution in [2.75, 3.05) is 13.2 Å². The van der Waals surface area contributed by atoms with Crippen molar-refractivity contribution in [3.63, 3.8) is 0 Å². The largest absolute Gasteiger partial charge is 0.494 e. The van der Waals surface area contributed by atoms with Crippen molar-refractivity contribution in [1.29, 1.82) is 0 Å². The predicted octanol–water partition coefficient (Wildman–Crippen LogP) is 3.05. The van der Waals surface area contributed by atoms with Crippen LogP contribution in [0.15, 0.2) is 24.3 Å². The van der Waals surface area contributed by atoms with Crippen LogP contribution < -0.4 is 10.1 Å². The smallest absolute Gasteiger partial charge is 0.415 e. The third-order valence-electron chi connectivity index (χ3n) is 2.85. The third-order valence-corrected chi connectivity index (χ3v) is 2.85. The summed E-state index contributed by atoms with van der Waals surface area (Å²) in [4.78, 5) is 0. The molecule has 114 valence electrons. The van der Waals surface area contributed by atoms with Crippen LogP contribution in [0, 0.1) is 0 Å². The van der Waals surface area contributed by atoms with Crippen LogP contribution in [0.5, 0.6) is 5.75 Å². The second kappa shape index (κ2) is 7.50. The number of alkyl halides is 3. The van der Waals surface area contributed by atoms with Gasteiger partial charge in [0.25, 0.3) is 0 Å². The lowest BCUT2D eigenvalue weighted by atomic mass is 10.1. The number of halogens is 3. The van der Waals surface area contributed by atoms with Gasteiger partial charge in [-0.1, -0.05) is 19.1 Å². The SMILES string of the molecule is CCCOc1ccc(C(C)NCC(O)C(F)(F)F)cc1. The van der Waals surface area contributed by atoms with Gasteiger partial charge in [-0.25, -0.2) is 0 Å². The molecule has 1 aromatic carbocycles. The van der Waals surface area contributed by atoms with Crippen molar-refractivity contribution in [2.45, 2.75) is 38.6 Å². The lowest BCUT2D eigenvalue weighted by Gasteiger charge is -2.19. The number of hydrogen-bond donors (Lipinski definition) is 2. The first-order valence-corrected chi connectivity index (χ1v) is 6.55. The maximum absolute atomic E-state index is 12.2. The van der Waals surface area contributed by atoms with Crippen LogP contribution in [0.2, 0.25) is 0 Å². The molecule has 0 heterocycles. The van der Waals surface area contributed by atoms with Gasteiger partial charge in [0.05, 0.1) is 6.61 Å². The van der Waals surface area contributed by atoms with Gasteiger partial charge in [-0.15, -0.1) is 0 Å². The number of benzene rings is 1. The lowest BCUT2D eigenvalue weighted by molar-refractivity contribution is -0.202. The van der Waals surface area contributed by atoms with Crippen molar-refractivity contribution in [3.05, 3.63) is 29.8 Å². The first-order valence-electron chi connectivity index (χ1n) is 6.55. The molecule has 0 radical (unpaired) electrons. The fourth-order valence-electron chi connectivity index (χ4n) is 1.59. The average molecular weight is 291 g/mol. The molecule has 0 aliphatic carbocycles. The zero-order chi connectivity index (χ0) is 15.2. The normalized spacial score (nSPS) is 14.9. The van der Waals surface area contributed by atoms with E-state index in [2.05, 4.69) is 5.32 Å². The summed E-state index contributed by atoms with van der Waals surface area (Å²) in [7, 11) is 0. The highest BCUT2D eigenvalue weighted by Crippen LogP contribution is 2.21. The van der Waals surface area contributed by atoms with Crippen LogP contribution in [0.3, 0.4) is 0 Å². The van der Waals surface area contributed by atoms with E-state index in [9.17, 15) is 13.2 Å². The van der Waals surface area contributed by atoms with Crippen LogP contribution in [-0.2, 0) is 0 Å². The summed E-state index contributed by atoms with van der Waals surface area (Å²) in [5.41, 5.74) is 0.836. The van der Waals surface area contributed by atoms with Gasteiger partial charge in [0.2, 0.25) is 0 Å². The molecule has 2 N–H and O–H groups in total. The fraction of sp³-hybridized carbons (Fsp3) is 0.571. The van der Waals surface area contributed by atoms with E-state index in [-0.39, 0.29) is 6.04 Å². The summed E-state index contributed by atoms with van der Waals surface area (Å²) in [6.07, 6.45) is -6.03. The zero-order valence-electron chi connectivity index (χ0n) is 11.6. The second-order valence-electron chi connectivity index (χ2n) is 4.60. The molecule has 0 aromatic heterocycles. The third kappa shape index (κ3) is 5.38. The highest BCUT2D eigenvalue weighted by molar-refractivity contribution is 5.28. The van der Waals surface area contributed by atoms with Gasteiger partial charge in [-0.3, -0.25) is 0 Å². The van der Waals surface area contributed by atoms with Crippen LogP contribution in [0.4, 0.5) is 13.2 Å². The molecule has 2 atom stereocenters. The monoisotopic (exact) mass is 291 g/mol. The van der Waals surface area contributed by atoms with Gasteiger partial charge < -0.3 is 15.2 Å². The molecule has 2 unspecified atom stereocenters. The Bertz CT molecular complexity index is 392. The fourth-order valence-corrected chi connectivity index (χ4v) is 1.59. The second-order valence-corrected chi connectivity index (χ2v) is 4.60. The maximum atomic E-state index is 12.2. The average Bonchev–Trinajstić information content (AvgIpc) is 2.41. The van der Waals surface area contributed by atoms with Crippen molar-refractivity contribution >= 4 is 0 Å². The van der Waals surface area contributed by atoms with Crippen molar-refractivity contribution in [2.24, 2.45) is 0 Å². The minimum atomic E-state index is -4.59. The van der Waals surface area contributed by atoms with Crippen LogP contribution in [0.25, 0.3) is 0 Å². The number of rotatable bonds is 7. The standard InChI is InChI=1S/C14H20F3NO2/c1-3-8-20-12-6-4-11(5-7-12)10(2)18-9-13(19)14(15,16)17/h4-7,10,13,18-19H,3,8-9H2,1-2H3. The van der Waals surface area contributed by atoms with Gasteiger partial charge in [-0.2, -0.15) is 13.2 Å². The minimum absolute atomic E-state index is 0.285. The Morgan fingerprint density at radius 3 is 2.35 bits per heavy atom. The van der Waals surface area contributed by atoms with E-state index in [0.717, 1.165) is 17.7 Å². The summed E-state index contributed by atoms with van der Waals surface area (Å²) in [6, 6.07) is 6.87. The Balaban J connectivity index is 2.49. The minimum Gasteiger partial charge on any atom is -0.494 e. The molecular weight excluding hydrogens is 271 g/mol. The number of aliphatic hydroxyl groups is 1. The molecule has 6 heteroatoms. The Hall–Kier alpha value is -1.27. The topological polar surface area (TPSA) is 41.5 Å². The van der Waals surface area contributed by atoms with Gasteiger partial charge >= 0.3 is 6.18 Å². The molecule has 1 aromatic rings. The predicted molar refractivity (Wildman–Crippen MR) is 70.7 cm³/mol. The van der Waals surface area contributed by atoms with Crippen molar-refractivity contribution < 1.29 is 23.0 Å². The Labute approximate surface area is 116 Å². The number of aliphatic hydroxyl groups excluding tert-OH is 1. The maximum Gasteiger partial charge on any atom is 0.415 e. The lowest BCUT2D eigenvalue weighted by Crippen LogP contribution is -2.39. The molecule has 1 rings (SSSR count). The van der Waals surface area contributed by atoms with E-state index in [1.807, 2.05) is 6.92 Å². The summed E-state index contributed by atoms with van der Waals surface area (Å²) in [5, 5.41) is 11.6. The summed E-state index contributed by atoms with van der Waals surface area (Å²) < 4.78 is 41.9. The number of ether oxygens (including phenoxy) is 1. The Morgan fingerprint density at radius 1 is 1.25 bits per heavy atom. The quantitative estimate of drug-likeness (QED) is 0.811. The van der Waals surface area contributed by atoms with E-state index < -0.39 is 18.8 Å². The first kappa shape index (κ1) is 16.8. The Kier molecular flexibility index (Phi) is 6.29. The highest BCUT2D eigenvalue weighted by Gasteiger charge is 2.37. The molecule has 0 bridgehead atoms. The zero-order valence-corrected chi connectivity index (χ0v) is 11.6. The molecular formula is C14H20F3NO2. The summed E-state index contributed by atoms with van der Waals surface area (Å²) >= 11 is 0. The molecule has 0 spiro atoms. The van der Waals surface area contributed by atoms with E-state index in [4.69, 9.17) is 9.84 Å². The van der Waals surface area contributed by atoms with E-state index in [1.165, 1.54) is 0 Å². The van der Waals surface area contributed by atoms with Gasteiger partial charge in [-0.05, 0) is 31.0 Å². The van der Waals surface area contributed by atoms with Crippen molar-refractivity contribution in [1.82, 2.24) is 5.32 Å². The molecule has 0 saturated heterocycles. The number of nitrogens with one attached hydrogen (secondary N) is 1. The van der Waals surface area contributed by atoms with Gasteiger partial charge in [0, 0.05) is 12.6 Å². The van der Waals surface area contributed by atoms with E-state index >= 15 is 0 Å². The molecule has 0 aliphatic rings. The molecule has 20 heavy (non-hydrogen) atoms. The molecule has 3 nitrogen and oxygen atoms in total. The van der Waals surface area contributed by atoms with Crippen molar-refractivity contribution in [3.8, 4) is 5.75 Å². The molecule has 0 aliphatic heterocycles. The van der Waals surface area contributed by atoms with Crippen LogP contribution in [0.1, 0.15) is 31.9 Å². The molecule has 0 fully saturated rings. The van der Waals surface area contributed by atoms with E-state index in [0.29, 0.717) is 6.61 Å².